The van der Waals surface area contributed by atoms with Gasteiger partial charge in [-0.2, -0.15) is 0 Å². The van der Waals surface area contributed by atoms with Crippen molar-refractivity contribution in [2.24, 2.45) is 23.5 Å². The zero-order chi connectivity index (χ0) is 26.5. The first-order valence-electron chi connectivity index (χ1n) is 12.7. The normalized spacial score (nSPS) is 31.8. The molecule has 1 amide bonds. The van der Waals surface area contributed by atoms with Crippen LogP contribution in [0.5, 0.6) is 5.75 Å². The Kier molecular flexibility index (Phi) is 7.02. The van der Waals surface area contributed by atoms with Crippen LogP contribution in [0.2, 0.25) is 0 Å². The van der Waals surface area contributed by atoms with Crippen molar-refractivity contribution in [3.05, 3.63) is 34.4 Å². The number of likely N-dealkylation sites (N-methyl/N-ethyl adjacent to an activating group) is 1. The number of hydrogen-bond acceptors (Lipinski definition) is 8. The van der Waals surface area contributed by atoms with E-state index in [0.29, 0.717) is 6.42 Å². The number of aromatic hydroxyl groups is 1. The van der Waals surface area contributed by atoms with Gasteiger partial charge in [-0.05, 0) is 62.9 Å². The van der Waals surface area contributed by atoms with Crippen LogP contribution in [0.4, 0.5) is 0 Å². The van der Waals surface area contributed by atoms with Crippen molar-refractivity contribution in [1.82, 2.24) is 4.90 Å². The molecule has 4 rings (SSSR count). The Labute approximate surface area is 210 Å². The summed E-state index contributed by atoms with van der Waals surface area (Å²) in [6.45, 7) is 2.13. The zero-order valence-corrected chi connectivity index (χ0v) is 21.0. The van der Waals surface area contributed by atoms with E-state index in [0.717, 1.165) is 43.2 Å². The summed E-state index contributed by atoms with van der Waals surface area (Å²) in [6, 6.07) is 2.44. The number of carbonyl (C=O) groups is 3. The Morgan fingerprint density at radius 2 is 1.86 bits per heavy atom. The molecule has 0 aliphatic heterocycles. The molecule has 9 nitrogen and oxygen atoms in total. The summed E-state index contributed by atoms with van der Waals surface area (Å²) in [5, 5.41) is 44.4. The van der Waals surface area contributed by atoms with E-state index < -0.39 is 58.7 Å². The largest absolute Gasteiger partial charge is 0.507 e. The smallest absolute Gasteiger partial charge is 0.230 e. The lowest BCUT2D eigenvalue weighted by atomic mass is 9.54. The number of rotatable bonds is 7. The molecule has 3 aliphatic carbocycles. The van der Waals surface area contributed by atoms with Crippen LogP contribution in [-0.2, 0) is 27.2 Å². The van der Waals surface area contributed by atoms with E-state index in [1.54, 1.807) is 19.0 Å². The van der Waals surface area contributed by atoms with Gasteiger partial charge in [0.2, 0.25) is 11.7 Å². The van der Waals surface area contributed by atoms with Crippen molar-refractivity contribution in [3.63, 3.8) is 0 Å². The molecular formula is C27H36N2O7. The van der Waals surface area contributed by atoms with Crippen molar-refractivity contribution in [3.8, 4) is 5.75 Å². The molecule has 0 heterocycles. The SMILES string of the molecule is CCCCCCc1ccc(O)c2c1C[C@@H]1C[C@@H]3[C@@H](N(C)C)C(O)C(C(N)=O)C(=O)[C@]3(O)C(=O)C1=C2O. The molecule has 36 heavy (non-hydrogen) atoms. The van der Waals surface area contributed by atoms with E-state index >= 15 is 0 Å². The monoisotopic (exact) mass is 500 g/mol. The summed E-state index contributed by atoms with van der Waals surface area (Å²) in [6.07, 6.45) is 3.96. The minimum Gasteiger partial charge on any atom is -0.507 e. The van der Waals surface area contributed by atoms with Crippen molar-refractivity contribution >= 4 is 23.2 Å². The van der Waals surface area contributed by atoms with Gasteiger partial charge in [0, 0.05) is 17.5 Å². The van der Waals surface area contributed by atoms with Gasteiger partial charge in [-0.1, -0.05) is 32.3 Å². The predicted octanol–water partition coefficient (Wildman–Crippen LogP) is 1.25. The van der Waals surface area contributed by atoms with E-state index in [9.17, 15) is 34.8 Å². The van der Waals surface area contributed by atoms with Gasteiger partial charge in [-0.25, -0.2) is 0 Å². The maximum Gasteiger partial charge on any atom is 0.230 e. The third kappa shape index (κ3) is 3.84. The standard InChI is InChI=1S/C27H36N2O7/c1-4-5-6-7-8-13-9-10-17(30)19-15(13)11-14-12-16-21(29(2)3)23(32)20(26(28)35)25(34)27(16,36)24(33)18(14)22(19)31/h9-10,14,16,20-21,23,30-32,36H,4-8,11-12H2,1-3H3,(H2,28,35)/t14-,16-,20?,21-,23?,27-/m1/s1. The number of fused-ring (bicyclic) bond motifs is 3. The van der Waals surface area contributed by atoms with Crippen molar-refractivity contribution in [2.75, 3.05) is 14.1 Å². The number of unbranched alkanes of at least 4 members (excludes halogenated alkanes) is 3. The van der Waals surface area contributed by atoms with Gasteiger partial charge in [-0.3, -0.25) is 14.4 Å². The Bertz CT molecular complexity index is 1130. The lowest BCUT2D eigenvalue weighted by molar-refractivity contribution is -0.184. The molecule has 2 unspecified atom stereocenters. The lowest BCUT2D eigenvalue weighted by Gasteiger charge is -2.53. The van der Waals surface area contributed by atoms with Crippen LogP contribution in [0.3, 0.4) is 0 Å². The predicted molar refractivity (Wildman–Crippen MR) is 132 cm³/mol. The van der Waals surface area contributed by atoms with E-state index in [-0.39, 0.29) is 23.3 Å². The van der Waals surface area contributed by atoms with E-state index in [4.69, 9.17) is 5.73 Å². The number of primary amides is 1. The molecule has 0 spiro atoms. The number of carbonyl (C=O) groups excluding carboxylic acids is 3. The zero-order valence-electron chi connectivity index (χ0n) is 21.0. The minimum absolute atomic E-state index is 0.120. The maximum atomic E-state index is 13.8. The number of benzene rings is 1. The van der Waals surface area contributed by atoms with Gasteiger partial charge in [0.15, 0.2) is 11.4 Å². The number of aliphatic hydroxyl groups excluding tert-OH is 2. The van der Waals surface area contributed by atoms with Crippen LogP contribution >= 0.6 is 0 Å². The fourth-order valence-corrected chi connectivity index (χ4v) is 6.65. The Morgan fingerprint density at radius 1 is 1.17 bits per heavy atom. The number of amides is 1. The first-order valence-corrected chi connectivity index (χ1v) is 12.7. The maximum absolute atomic E-state index is 13.8. The summed E-state index contributed by atoms with van der Waals surface area (Å²) < 4.78 is 0. The fraction of sp³-hybridized carbons (Fsp3) is 0.593. The number of nitrogens with zero attached hydrogens (tertiary/aromatic N) is 1. The van der Waals surface area contributed by atoms with Crippen LogP contribution in [0.1, 0.15) is 55.7 Å². The summed E-state index contributed by atoms with van der Waals surface area (Å²) in [5.74, 6) is -7.19. The second kappa shape index (κ2) is 9.61. The summed E-state index contributed by atoms with van der Waals surface area (Å²) in [7, 11) is 3.27. The highest BCUT2D eigenvalue weighted by molar-refractivity contribution is 6.25. The van der Waals surface area contributed by atoms with Gasteiger partial charge < -0.3 is 31.1 Å². The van der Waals surface area contributed by atoms with E-state index in [1.807, 2.05) is 6.07 Å². The molecule has 0 bridgehead atoms. The van der Waals surface area contributed by atoms with Crippen LogP contribution < -0.4 is 5.73 Å². The molecule has 0 aromatic heterocycles. The summed E-state index contributed by atoms with van der Waals surface area (Å²) in [4.78, 5) is 40.8. The Morgan fingerprint density at radius 3 is 2.47 bits per heavy atom. The molecule has 2 saturated carbocycles. The molecule has 1 aromatic carbocycles. The molecule has 3 aliphatic rings. The molecule has 9 heteroatoms. The van der Waals surface area contributed by atoms with Gasteiger partial charge in [0.25, 0.3) is 0 Å². The van der Waals surface area contributed by atoms with Gasteiger partial charge in [0.05, 0.1) is 11.7 Å². The highest BCUT2D eigenvalue weighted by Crippen LogP contribution is 2.52. The third-order valence-corrected chi connectivity index (χ3v) is 8.37. The number of aryl methyl sites for hydroxylation is 1. The van der Waals surface area contributed by atoms with Crippen LogP contribution in [0, 0.1) is 17.8 Å². The number of ketones is 2. The van der Waals surface area contributed by atoms with Crippen molar-refractivity contribution < 1.29 is 34.8 Å². The first-order chi connectivity index (χ1) is 17.0. The van der Waals surface area contributed by atoms with Crippen LogP contribution in [0.25, 0.3) is 5.76 Å². The molecular weight excluding hydrogens is 464 g/mol. The van der Waals surface area contributed by atoms with Gasteiger partial charge in [-0.15, -0.1) is 0 Å². The van der Waals surface area contributed by atoms with E-state index in [1.165, 1.54) is 6.07 Å². The Hall–Kier alpha value is -2.75. The number of aliphatic hydroxyl groups is 3. The molecule has 6 N–H and O–H groups in total. The number of nitrogens with two attached hydrogens (primary N) is 1. The van der Waals surface area contributed by atoms with Crippen LogP contribution in [-0.4, -0.2) is 74.6 Å². The molecule has 0 saturated heterocycles. The minimum atomic E-state index is -2.63. The second-order valence-electron chi connectivity index (χ2n) is 10.7. The van der Waals surface area contributed by atoms with Gasteiger partial charge >= 0.3 is 0 Å². The quantitative estimate of drug-likeness (QED) is 0.276. The van der Waals surface area contributed by atoms with Gasteiger partial charge in [0.1, 0.15) is 17.4 Å². The molecule has 6 atom stereocenters. The third-order valence-electron chi connectivity index (χ3n) is 8.37. The molecule has 196 valence electrons. The number of phenols is 1. The van der Waals surface area contributed by atoms with Crippen LogP contribution in [0.15, 0.2) is 17.7 Å². The molecule has 1 aromatic rings. The highest BCUT2D eigenvalue weighted by Gasteiger charge is 2.67. The lowest BCUT2D eigenvalue weighted by Crippen LogP contribution is -2.73. The summed E-state index contributed by atoms with van der Waals surface area (Å²) in [5.41, 5.74) is 4.55. The average molecular weight is 501 g/mol. The first kappa shape index (κ1) is 26.3. The van der Waals surface area contributed by atoms with Crippen molar-refractivity contribution in [1.29, 1.82) is 0 Å². The number of hydrogen-bond donors (Lipinski definition) is 5. The Balaban J connectivity index is 1.82. The fourth-order valence-electron chi connectivity index (χ4n) is 6.65. The second-order valence-corrected chi connectivity index (χ2v) is 10.7. The summed E-state index contributed by atoms with van der Waals surface area (Å²) >= 11 is 0. The van der Waals surface area contributed by atoms with Crippen molar-refractivity contribution in [2.45, 2.75) is 69.6 Å². The number of Topliss-reactive ketones (excluding diaryl/α,β-unsaturated/α-hetero) is 2. The molecule has 0 radical (unpaired) electrons. The topological polar surface area (TPSA) is 161 Å². The highest BCUT2D eigenvalue weighted by atomic mass is 16.3. The number of phenolic OH excluding ortho intramolecular Hbond substituents is 1. The average Bonchev–Trinajstić information content (AvgIpc) is 2.80. The van der Waals surface area contributed by atoms with E-state index in [2.05, 4.69) is 6.92 Å². The molecule has 2 fully saturated rings.